The van der Waals surface area contributed by atoms with Gasteiger partial charge >= 0.3 is 0 Å². The van der Waals surface area contributed by atoms with Gasteiger partial charge in [0.2, 0.25) is 21.8 Å². The third kappa shape index (κ3) is 9.18. The van der Waals surface area contributed by atoms with Crippen LogP contribution in [-0.4, -0.2) is 50.0 Å². The SMILES string of the molecule is CS(=O)(=O)N(CCCC(=O)N(Cc1ccccc1)[C@H](Cc1ccccc1)C(=O)NC1CCCCC1)c1ccccc1. The molecule has 0 heterocycles. The van der Waals surface area contributed by atoms with Crippen molar-refractivity contribution in [3.05, 3.63) is 102 Å². The Labute approximate surface area is 244 Å². The Kier molecular flexibility index (Phi) is 11.0. The normalized spacial score (nSPS) is 14.7. The Balaban J connectivity index is 1.56. The fourth-order valence-corrected chi connectivity index (χ4v) is 6.44. The highest BCUT2D eigenvalue weighted by atomic mass is 32.2. The quantitative estimate of drug-likeness (QED) is 0.299. The van der Waals surface area contributed by atoms with E-state index in [1.807, 2.05) is 66.7 Å². The predicted octanol–water partition coefficient (Wildman–Crippen LogP) is 5.32. The summed E-state index contributed by atoms with van der Waals surface area (Å²) in [6, 6.07) is 27.8. The van der Waals surface area contributed by atoms with Crippen LogP contribution in [0.5, 0.6) is 0 Å². The summed E-state index contributed by atoms with van der Waals surface area (Å²) in [5, 5.41) is 3.26. The molecule has 0 saturated heterocycles. The summed E-state index contributed by atoms with van der Waals surface area (Å²) in [7, 11) is -3.53. The van der Waals surface area contributed by atoms with Gasteiger partial charge in [0, 0.05) is 32.0 Å². The van der Waals surface area contributed by atoms with Crippen molar-refractivity contribution >= 4 is 27.5 Å². The van der Waals surface area contributed by atoms with Gasteiger partial charge in [-0.2, -0.15) is 0 Å². The van der Waals surface area contributed by atoms with Gasteiger partial charge < -0.3 is 10.2 Å². The maximum absolute atomic E-state index is 13.9. The summed E-state index contributed by atoms with van der Waals surface area (Å²) >= 11 is 0. The van der Waals surface area contributed by atoms with E-state index in [9.17, 15) is 18.0 Å². The predicted molar refractivity (Wildman–Crippen MR) is 164 cm³/mol. The van der Waals surface area contributed by atoms with Gasteiger partial charge in [-0.15, -0.1) is 0 Å². The Bertz CT molecular complexity index is 1340. The third-order valence-corrected chi connectivity index (χ3v) is 8.81. The van der Waals surface area contributed by atoms with Crippen LogP contribution in [0.2, 0.25) is 0 Å². The zero-order chi connectivity index (χ0) is 29.1. The molecule has 1 aliphatic carbocycles. The Morgan fingerprint density at radius 1 is 0.829 bits per heavy atom. The lowest BCUT2D eigenvalue weighted by molar-refractivity contribution is -0.141. The van der Waals surface area contributed by atoms with Crippen molar-refractivity contribution in [1.82, 2.24) is 10.2 Å². The second-order valence-corrected chi connectivity index (χ2v) is 12.7. The number of carbonyl (C=O) groups excluding carboxylic acids is 2. The zero-order valence-electron chi connectivity index (χ0n) is 23.8. The first-order valence-electron chi connectivity index (χ1n) is 14.5. The Hall–Kier alpha value is -3.65. The molecule has 0 bridgehead atoms. The number of nitrogens with one attached hydrogen (secondary N) is 1. The average molecular weight is 576 g/mol. The molecule has 3 aromatic rings. The average Bonchev–Trinajstić information content (AvgIpc) is 2.98. The molecule has 41 heavy (non-hydrogen) atoms. The van der Waals surface area contributed by atoms with Gasteiger partial charge in [-0.1, -0.05) is 98.1 Å². The van der Waals surface area contributed by atoms with Gasteiger partial charge in [0.25, 0.3) is 0 Å². The van der Waals surface area contributed by atoms with Crippen LogP contribution in [0.25, 0.3) is 0 Å². The minimum Gasteiger partial charge on any atom is -0.352 e. The van der Waals surface area contributed by atoms with Crippen molar-refractivity contribution in [2.24, 2.45) is 0 Å². The van der Waals surface area contributed by atoms with Gasteiger partial charge in [-0.3, -0.25) is 13.9 Å². The van der Waals surface area contributed by atoms with E-state index in [2.05, 4.69) is 5.32 Å². The second-order valence-electron chi connectivity index (χ2n) is 10.8. The Morgan fingerprint density at radius 3 is 1.98 bits per heavy atom. The number of benzene rings is 3. The molecule has 3 aromatic carbocycles. The van der Waals surface area contributed by atoms with Crippen molar-refractivity contribution in [2.45, 2.75) is 70.0 Å². The maximum atomic E-state index is 13.9. The van der Waals surface area contributed by atoms with Crippen molar-refractivity contribution in [3.8, 4) is 0 Å². The molecule has 0 spiro atoms. The van der Waals surface area contributed by atoms with Crippen LogP contribution >= 0.6 is 0 Å². The molecular weight excluding hydrogens is 534 g/mol. The van der Waals surface area contributed by atoms with Crippen LogP contribution < -0.4 is 9.62 Å². The lowest BCUT2D eigenvalue weighted by Gasteiger charge is -2.34. The summed E-state index contributed by atoms with van der Waals surface area (Å²) in [4.78, 5) is 29.5. The van der Waals surface area contributed by atoms with Crippen molar-refractivity contribution in [3.63, 3.8) is 0 Å². The van der Waals surface area contributed by atoms with Crippen LogP contribution in [0.3, 0.4) is 0 Å². The molecule has 218 valence electrons. The van der Waals surface area contributed by atoms with Gasteiger partial charge in [0.1, 0.15) is 6.04 Å². The van der Waals surface area contributed by atoms with Crippen LogP contribution in [0.1, 0.15) is 56.1 Å². The highest BCUT2D eigenvalue weighted by Crippen LogP contribution is 2.21. The number of rotatable bonds is 13. The van der Waals surface area contributed by atoms with Gasteiger partial charge in [0.15, 0.2) is 0 Å². The van der Waals surface area contributed by atoms with E-state index in [1.165, 1.54) is 17.0 Å². The Morgan fingerprint density at radius 2 is 1.39 bits per heavy atom. The van der Waals surface area contributed by atoms with E-state index in [-0.39, 0.29) is 30.8 Å². The smallest absolute Gasteiger partial charge is 0.243 e. The molecule has 1 fully saturated rings. The van der Waals surface area contributed by atoms with Gasteiger partial charge in [-0.25, -0.2) is 8.42 Å². The van der Waals surface area contributed by atoms with E-state index in [1.54, 1.807) is 29.2 Å². The van der Waals surface area contributed by atoms with E-state index in [0.29, 0.717) is 25.1 Å². The fraction of sp³-hybridized carbons (Fsp3) is 0.394. The second kappa shape index (κ2) is 14.8. The molecule has 1 atom stereocenters. The number of sulfonamides is 1. The van der Waals surface area contributed by atoms with Crippen LogP contribution in [-0.2, 0) is 32.6 Å². The first kappa shape index (κ1) is 30.3. The first-order chi connectivity index (χ1) is 19.8. The van der Waals surface area contributed by atoms with Crippen LogP contribution in [0.15, 0.2) is 91.0 Å². The third-order valence-electron chi connectivity index (χ3n) is 7.61. The number of para-hydroxylation sites is 1. The number of carbonyl (C=O) groups is 2. The summed E-state index contributed by atoms with van der Waals surface area (Å²) < 4.78 is 26.4. The largest absolute Gasteiger partial charge is 0.352 e. The molecule has 0 aliphatic heterocycles. The monoisotopic (exact) mass is 575 g/mol. The van der Waals surface area contributed by atoms with E-state index < -0.39 is 16.1 Å². The number of hydrogen-bond acceptors (Lipinski definition) is 4. The maximum Gasteiger partial charge on any atom is 0.243 e. The molecule has 1 saturated carbocycles. The molecule has 1 aliphatic rings. The lowest BCUT2D eigenvalue weighted by atomic mass is 9.94. The van der Waals surface area contributed by atoms with E-state index >= 15 is 0 Å². The minimum atomic E-state index is -3.53. The standard InChI is InChI=1S/C33H41N3O4S/c1-41(39,40)36(30-21-12-5-13-22-30)24-14-23-32(37)35(26-28-17-8-3-9-18-28)31(25-27-15-6-2-7-16-27)33(38)34-29-19-10-4-11-20-29/h2-3,5-9,12-13,15-18,21-22,29,31H,4,10-11,14,19-20,23-26H2,1H3,(H,34,38)/t31-/m1/s1. The molecule has 7 nitrogen and oxygen atoms in total. The van der Waals surface area contributed by atoms with Crippen LogP contribution in [0.4, 0.5) is 5.69 Å². The highest BCUT2D eigenvalue weighted by molar-refractivity contribution is 7.92. The number of anilines is 1. The van der Waals surface area contributed by atoms with Gasteiger partial charge in [0.05, 0.1) is 11.9 Å². The van der Waals surface area contributed by atoms with E-state index in [0.717, 1.165) is 36.8 Å². The molecular formula is C33H41N3O4S. The number of nitrogens with zero attached hydrogens (tertiary/aromatic N) is 2. The minimum absolute atomic E-state index is 0.119. The number of hydrogen-bond donors (Lipinski definition) is 1. The summed E-state index contributed by atoms with van der Waals surface area (Å²) in [5.74, 6) is -0.304. The molecule has 0 aromatic heterocycles. The van der Waals surface area contributed by atoms with Gasteiger partial charge in [-0.05, 0) is 42.5 Å². The summed E-state index contributed by atoms with van der Waals surface area (Å²) in [6.07, 6.45) is 7.31. The molecule has 0 radical (unpaired) electrons. The highest BCUT2D eigenvalue weighted by Gasteiger charge is 2.32. The topological polar surface area (TPSA) is 86.8 Å². The van der Waals surface area contributed by atoms with Crippen LogP contribution in [0, 0.1) is 0 Å². The lowest BCUT2D eigenvalue weighted by Crippen LogP contribution is -2.52. The molecule has 2 amide bonds. The van der Waals surface area contributed by atoms with Crippen molar-refractivity contribution in [2.75, 3.05) is 17.1 Å². The van der Waals surface area contributed by atoms with E-state index in [4.69, 9.17) is 0 Å². The summed E-state index contributed by atoms with van der Waals surface area (Å²) in [6.45, 7) is 0.467. The van der Waals surface area contributed by atoms with Crippen molar-refractivity contribution in [1.29, 1.82) is 0 Å². The molecule has 4 rings (SSSR count). The number of amides is 2. The fourth-order valence-electron chi connectivity index (χ4n) is 5.48. The van der Waals surface area contributed by atoms with Crippen molar-refractivity contribution < 1.29 is 18.0 Å². The molecule has 1 N–H and O–H groups in total. The zero-order valence-corrected chi connectivity index (χ0v) is 24.6. The molecule has 0 unspecified atom stereocenters. The first-order valence-corrected chi connectivity index (χ1v) is 16.4. The summed E-state index contributed by atoms with van der Waals surface area (Å²) in [5.41, 5.74) is 2.48. The molecule has 8 heteroatoms.